The molecule has 188 valence electrons. The number of nitrogens with zero attached hydrogens (tertiary/aromatic N) is 5. The maximum absolute atomic E-state index is 13.6. The second kappa shape index (κ2) is 11.3. The molecule has 3 atom stereocenters. The van der Waals surface area contributed by atoms with Crippen LogP contribution in [0.5, 0.6) is 5.88 Å². The number of amides is 2. The van der Waals surface area contributed by atoms with E-state index in [4.69, 9.17) is 4.74 Å². The first-order valence-electron chi connectivity index (χ1n) is 12.0. The monoisotopic (exact) mass is 489 g/mol. The molecule has 3 aromatic rings. The highest BCUT2D eigenvalue weighted by molar-refractivity contribution is 5.98. The number of pyridine rings is 1. The van der Waals surface area contributed by atoms with E-state index in [2.05, 4.69) is 15.0 Å². The Morgan fingerprint density at radius 3 is 2.61 bits per heavy atom. The van der Waals surface area contributed by atoms with E-state index >= 15 is 0 Å². The highest BCUT2D eigenvalue weighted by Gasteiger charge is 2.34. The van der Waals surface area contributed by atoms with Crippen LogP contribution in [0.2, 0.25) is 0 Å². The van der Waals surface area contributed by atoms with Crippen LogP contribution in [0.15, 0.2) is 61.3 Å². The summed E-state index contributed by atoms with van der Waals surface area (Å²) in [6, 6.07) is 10.9. The van der Waals surface area contributed by atoms with Gasteiger partial charge in [0.2, 0.25) is 11.8 Å². The average molecular weight is 490 g/mol. The van der Waals surface area contributed by atoms with Gasteiger partial charge in [0.25, 0.3) is 5.91 Å². The Morgan fingerprint density at radius 1 is 1.19 bits per heavy atom. The van der Waals surface area contributed by atoms with Gasteiger partial charge in [0, 0.05) is 49.2 Å². The molecule has 0 saturated carbocycles. The van der Waals surface area contributed by atoms with Crippen LogP contribution in [0.3, 0.4) is 0 Å². The number of likely N-dealkylation sites (N-methyl/N-ethyl adjacent to an activating group) is 1. The predicted molar refractivity (Wildman–Crippen MR) is 134 cm³/mol. The van der Waals surface area contributed by atoms with E-state index in [9.17, 15) is 14.7 Å². The van der Waals surface area contributed by atoms with E-state index in [-0.39, 0.29) is 30.2 Å². The standard InChI is InChI=1S/C27H31N5O4/c1-18-14-32(19(2)16-33)27(35)23-10-21(22-11-28-17-29-12-22)13-30-26(23)36-24(18)15-31(3)25(34)9-20-7-5-4-6-8-20/h4-8,10-13,17-19,24,33H,9,14-16H2,1-3H3/t18-,19+,24-/m1/s1. The smallest absolute Gasteiger partial charge is 0.259 e. The van der Waals surface area contributed by atoms with Crippen molar-refractivity contribution in [2.75, 3.05) is 26.7 Å². The number of ether oxygens (including phenoxy) is 1. The molecule has 0 saturated heterocycles. The Bertz CT molecular complexity index is 1190. The summed E-state index contributed by atoms with van der Waals surface area (Å²) < 4.78 is 6.30. The van der Waals surface area contributed by atoms with Crippen LogP contribution in [0.25, 0.3) is 11.1 Å². The summed E-state index contributed by atoms with van der Waals surface area (Å²) in [7, 11) is 1.76. The maximum atomic E-state index is 13.6. The average Bonchev–Trinajstić information content (AvgIpc) is 2.91. The third-order valence-electron chi connectivity index (χ3n) is 6.49. The number of benzene rings is 1. The molecular formula is C27H31N5O4. The van der Waals surface area contributed by atoms with Crippen LogP contribution in [0.1, 0.15) is 29.8 Å². The molecule has 1 N–H and O–H groups in total. The third kappa shape index (κ3) is 5.68. The molecule has 1 aromatic carbocycles. The molecule has 0 unspecified atom stereocenters. The van der Waals surface area contributed by atoms with Crippen molar-refractivity contribution < 1.29 is 19.4 Å². The normalized spacial score (nSPS) is 18.4. The zero-order valence-corrected chi connectivity index (χ0v) is 20.7. The van der Waals surface area contributed by atoms with Crippen molar-refractivity contribution >= 4 is 11.8 Å². The summed E-state index contributed by atoms with van der Waals surface area (Å²) in [5.41, 5.74) is 2.65. The van der Waals surface area contributed by atoms with Crippen LogP contribution in [-0.4, -0.2) is 80.6 Å². The molecule has 1 aliphatic heterocycles. The maximum Gasteiger partial charge on any atom is 0.259 e. The van der Waals surface area contributed by atoms with Gasteiger partial charge >= 0.3 is 0 Å². The lowest BCUT2D eigenvalue weighted by Crippen LogP contribution is -2.50. The molecule has 0 spiro atoms. The topological polar surface area (TPSA) is 109 Å². The van der Waals surface area contributed by atoms with Gasteiger partial charge in [-0.25, -0.2) is 15.0 Å². The Morgan fingerprint density at radius 2 is 1.92 bits per heavy atom. The summed E-state index contributed by atoms with van der Waals surface area (Å²) in [6.07, 6.45) is 6.24. The second-order valence-corrected chi connectivity index (χ2v) is 9.26. The van der Waals surface area contributed by atoms with Gasteiger partial charge in [-0.2, -0.15) is 0 Å². The highest BCUT2D eigenvalue weighted by Crippen LogP contribution is 2.30. The summed E-state index contributed by atoms with van der Waals surface area (Å²) in [5.74, 6) is -0.205. The predicted octanol–water partition coefficient (Wildman–Crippen LogP) is 2.46. The molecule has 0 fully saturated rings. The lowest BCUT2D eigenvalue weighted by molar-refractivity contribution is -0.130. The lowest BCUT2D eigenvalue weighted by atomic mass is 9.99. The van der Waals surface area contributed by atoms with Crippen LogP contribution >= 0.6 is 0 Å². The van der Waals surface area contributed by atoms with Gasteiger partial charge in [-0.15, -0.1) is 0 Å². The summed E-state index contributed by atoms with van der Waals surface area (Å²) in [6.45, 7) is 4.31. The number of hydrogen-bond donors (Lipinski definition) is 1. The Hall–Kier alpha value is -3.85. The number of hydrogen-bond acceptors (Lipinski definition) is 7. The van der Waals surface area contributed by atoms with Crippen molar-refractivity contribution in [2.24, 2.45) is 5.92 Å². The van der Waals surface area contributed by atoms with Crippen molar-refractivity contribution in [2.45, 2.75) is 32.4 Å². The molecule has 1 aliphatic rings. The van der Waals surface area contributed by atoms with Crippen molar-refractivity contribution in [3.63, 3.8) is 0 Å². The van der Waals surface area contributed by atoms with E-state index < -0.39 is 12.1 Å². The first kappa shape index (κ1) is 25.2. The van der Waals surface area contributed by atoms with Crippen molar-refractivity contribution in [3.05, 3.63) is 72.4 Å². The molecule has 0 bridgehead atoms. The third-order valence-corrected chi connectivity index (χ3v) is 6.49. The zero-order valence-electron chi connectivity index (χ0n) is 20.7. The molecule has 9 heteroatoms. The Balaban J connectivity index is 1.62. The molecule has 9 nitrogen and oxygen atoms in total. The molecule has 0 aliphatic carbocycles. The Kier molecular flexibility index (Phi) is 7.90. The fourth-order valence-corrected chi connectivity index (χ4v) is 4.20. The van der Waals surface area contributed by atoms with E-state index in [1.165, 1.54) is 6.33 Å². The second-order valence-electron chi connectivity index (χ2n) is 9.26. The molecule has 0 radical (unpaired) electrons. The molecule has 3 heterocycles. The number of rotatable bonds is 7. The van der Waals surface area contributed by atoms with Crippen molar-refractivity contribution in [1.82, 2.24) is 24.8 Å². The lowest BCUT2D eigenvalue weighted by Gasteiger charge is -2.37. The largest absolute Gasteiger partial charge is 0.472 e. The minimum Gasteiger partial charge on any atom is -0.472 e. The van der Waals surface area contributed by atoms with Gasteiger partial charge in [-0.05, 0) is 18.6 Å². The zero-order chi connectivity index (χ0) is 25.7. The van der Waals surface area contributed by atoms with Gasteiger partial charge in [-0.1, -0.05) is 37.3 Å². The van der Waals surface area contributed by atoms with Crippen molar-refractivity contribution in [1.29, 1.82) is 0 Å². The fourth-order valence-electron chi connectivity index (χ4n) is 4.20. The first-order chi connectivity index (χ1) is 17.4. The fraction of sp³-hybridized carbons (Fsp3) is 0.370. The van der Waals surface area contributed by atoms with Crippen LogP contribution in [0.4, 0.5) is 0 Å². The summed E-state index contributed by atoms with van der Waals surface area (Å²) in [4.78, 5) is 42.4. The summed E-state index contributed by atoms with van der Waals surface area (Å²) in [5, 5.41) is 9.85. The quantitative estimate of drug-likeness (QED) is 0.543. The number of aliphatic hydroxyl groups excluding tert-OH is 1. The van der Waals surface area contributed by atoms with E-state index in [1.54, 1.807) is 48.4 Å². The molecule has 2 aromatic heterocycles. The van der Waals surface area contributed by atoms with E-state index in [0.29, 0.717) is 30.6 Å². The number of fused-ring (bicyclic) bond motifs is 1. The molecule has 2 amide bonds. The van der Waals surface area contributed by atoms with Gasteiger partial charge in [0.05, 0.1) is 25.6 Å². The number of carbonyl (C=O) groups is 2. The highest BCUT2D eigenvalue weighted by atomic mass is 16.5. The van der Waals surface area contributed by atoms with Crippen LogP contribution in [-0.2, 0) is 11.2 Å². The van der Waals surface area contributed by atoms with Crippen LogP contribution in [0, 0.1) is 5.92 Å². The Labute approximate surface area is 210 Å². The number of aliphatic hydroxyl groups is 1. The molecular weight excluding hydrogens is 458 g/mol. The van der Waals surface area contributed by atoms with E-state index in [1.807, 2.05) is 37.3 Å². The van der Waals surface area contributed by atoms with Gasteiger partial charge in [0.1, 0.15) is 18.0 Å². The number of aromatic nitrogens is 3. The number of carbonyl (C=O) groups excluding carboxylic acids is 2. The molecule has 36 heavy (non-hydrogen) atoms. The summed E-state index contributed by atoms with van der Waals surface area (Å²) >= 11 is 0. The molecule has 4 rings (SSSR count). The first-order valence-corrected chi connectivity index (χ1v) is 12.0. The minimum absolute atomic E-state index is 0.0247. The van der Waals surface area contributed by atoms with Gasteiger partial charge in [0.15, 0.2) is 0 Å². The van der Waals surface area contributed by atoms with Gasteiger partial charge < -0.3 is 19.6 Å². The van der Waals surface area contributed by atoms with E-state index in [0.717, 1.165) is 11.1 Å². The van der Waals surface area contributed by atoms with Crippen molar-refractivity contribution in [3.8, 4) is 17.0 Å². The van der Waals surface area contributed by atoms with Gasteiger partial charge in [-0.3, -0.25) is 9.59 Å². The SMILES string of the molecule is C[C@@H]1CN([C@@H](C)CO)C(=O)c2cc(-c3cncnc3)cnc2O[C@@H]1CN(C)C(=O)Cc1ccccc1. The van der Waals surface area contributed by atoms with Crippen LogP contribution < -0.4 is 4.74 Å². The minimum atomic E-state index is -0.409.